The Hall–Kier alpha value is -1.43. The van der Waals surface area contributed by atoms with Gasteiger partial charge in [0.25, 0.3) is 10.2 Å². The average Bonchev–Trinajstić information content (AvgIpc) is 3.17. The largest absolute Gasteiger partial charge is 0.444 e. The van der Waals surface area contributed by atoms with E-state index in [4.69, 9.17) is 9.47 Å². The van der Waals surface area contributed by atoms with E-state index >= 15 is 0 Å². The molecule has 3 rings (SSSR count). The third-order valence-electron chi connectivity index (χ3n) is 5.34. The number of hydrogen-bond acceptors (Lipinski definition) is 6. The number of rotatable bonds is 3. The summed E-state index contributed by atoms with van der Waals surface area (Å²) in [5.74, 6) is -0.128. The molecule has 10 nitrogen and oxygen atoms in total. The molecule has 11 heteroatoms. The third-order valence-corrected chi connectivity index (χ3v) is 7.37. The Kier molecular flexibility index (Phi) is 6.71. The standard InChI is InChI=1S/C18H32N4O6S/c1-18(2,3)28-17(24)22-6-4-5-15(22)16(23)19-7-9-20(10-8-19)29(25,26)21-11-13-27-14-12-21/h15H,4-14H2,1-3H3. The molecule has 0 aliphatic carbocycles. The summed E-state index contributed by atoms with van der Waals surface area (Å²) < 4.78 is 39.1. The second-order valence-corrected chi connectivity index (χ2v) is 10.5. The van der Waals surface area contributed by atoms with Crippen molar-refractivity contribution in [2.75, 3.05) is 59.0 Å². The fourth-order valence-corrected chi connectivity index (χ4v) is 5.41. The molecule has 29 heavy (non-hydrogen) atoms. The molecular formula is C18H32N4O6S. The first-order valence-electron chi connectivity index (χ1n) is 10.2. The van der Waals surface area contributed by atoms with E-state index in [1.807, 2.05) is 0 Å². The van der Waals surface area contributed by atoms with Gasteiger partial charge in [-0.1, -0.05) is 0 Å². The molecule has 3 aliphatic heterocycles. The number of nitrogens with zero attached hydrogens (tertiary/aromatic N) is 4. The fourth-order valence-electron chi connectivity index (χ4n) is 3.85. The summed E-state index contributed by atoms with van der Waals surface area (Å²) in [4.78, 5) is 28.6. The number of hydrogen-bond donors (Lipinski definition) is 0. The van der Waals surface area contributed by atoms with E-state index in [2.05, 4.69) is 0 Å². The second-order valence-electron chi connectivity index (χ2n) is 8.58. The molecule has 1 unspecified atom stereocenters. The minimum Gasteiger partial charge on any atom is -0.444 e. The molecule has 0 aromatic heterocycles. The molecular weight excluding hydrogens is 400 g/mol. The van der Waals surface area contributed by atoms with E-state index in [-0.39, 0.29) is 19.0 Å². The lowest BCUT2D eigenvalue weighted by atomic mass is 10.1. The lowest BCUT2D eigenvalue weighted by Gasteiger charge is -2.39. The van der Waals surface area contributed by atoms with Crippen molar-refractivity contribution in [2.24, 2.45) is 0 Å². The Labute approximate surface area is 172 Å². The van der Waals surface area contributed by atoms with Gasteiger partial charge in [0, 0.05) is 45.8 Å². The Balaban J connectivity index is 1.57. The lowest BCUT2D eigenvalue weighted by molar-refractivity contribution is -0.137. The van der Waals surface area contributed by atoms with Gasteiger partial charge in [-0.3, -0.25) is 9.69 Å². The summed E-state index contributed by atoms with van der Waals surface area (Å²) in [7, 11) is -3.53. The minimum absolute atomic E-state index is 0.128. The predicted octanol–water partition coefficient (Wildman–Crippen LogP) is 0.107. The van der Waals surface area contributed by atoms with E-state index in [9.17, 15) is 18.0 Å². The van der Waals surface area contributed by atoms with E-state index in [0.717, 1.165) is 6.42 Å². The van der Waals surface area contributed by atoms with Gasteiger partial charge in [-0.05, 0) is 33.6 Å². The molecule has 0 aromatic carbocycles. The molecule has 0 bridgehead atoms. The van der Waals surface area contributed by atoms with Crippen molar-refractivity contribution in [2.45, 2.75) is 45.3 Å². The zero-order valence-electron chi connectivity index (χ0n) is 17.5. The molecule has 3 fully saturated rings. The van der Waals surface area contributed by atoms with E-state index < -0.39 is 27.9 Å². The van der Waals surface area contributed by atoms with Gasteiger partial charge in [-0.15, -0.1) is 0 Å². The van der Waals surface area contributed by atoms with Gasteiger partial charge in [-0.2, -0.15) is 17.0 Å². The van der Waals surface area contributed by atoms with E-state index in [1.165, 1.54) is 13.5 Å². The van der Waals surface area contributed by atoms with Crippen LogP contribution >= 0.6 is 0 Å². The van der Waals surface area contributed by atoms with Gasteiger partial charge in [0.05, 0.1) is 13.2 Å². The van der Waals surface area contributed by atoms with Crippen LogP contribution in [0.15, 0.2) is 0 Å². The summed E-state index contributed by atoms with van der Waals surface area (Å²) in [6, 6.07) is -0.535. The number of carbonyl (C=O) groups is 2. The first-order valence-corrected chi connectivity index (χ1v) is 11.6. The number of carbonyl (C=O) groups excluding carboxylic acids is 2. The van der Waals surface area contributed by atoms with Crippen LogP contribution in [-0.2, 0) is 24.5 Å². The maximum atomic E-state index is 13.0. The van der Waals surface area contributed by atoms with Gasteiger partial charge in [-0.25, -0.2) is 4.79 Å². The molecule has 3 heterocycles. The highest BCUT2D eigenvalue weighted by Crippen LogP contribution is 2.23. The molecule has 0 aromatic rings. The van der Waals surface area contributed by atoms with Crippen molar-refractivity contribution in [3.05, 3.63) is 0 Å². The molecule has 1 atom stereocenters. The highest BCUT2D eigenvalue weighted by atomic mass is 32.2. The number of likely N-dealkylation sites (tertiary alicyclic amines) is 1. The molecule has 0 saturated carbocycles. The van der Waals surface area contributed by atoms with Crippen molar-refractivity contribution in [3.63, 3.8) is 0 Å². The Morgan fingerprint density at radius 1 is 0.931 bits per heavy atom. The van der Waals surface area contributed by atoms with Gasteiger partial charge in [0.2, 0.25) is 5.91 Å². The maximum Gasteiger partial charge on any atom is 0.410 e. The van der Waals surface area contributed by atoms with Gasteiger partial charge in [0.1, 0.15) is 11.6 Å². The zero-order chi connectivity index (χ0) is 21.2. The van der Waals surface area contributed by atoms with E-state index in [1.54, 1.807) is 25.7 Å². The Morgan fingerprint density at radius 3 is 2.10 bits per heavy atom. The summed E-state index contributed by atoms with van der Waals surface area (Å²) in [6.07, 6.45) is 0.882. The molecule has 166 valence electrons. The number of ether oxygens (including phenoxy) is 2. The third kappa shape index (κ3) is 5.19. The van der Waals surface area contributed by atoms with Crippen LogP contribution in [0.5, 0.6) is 0 Å². The van der Waals surface area contributed by atoms with Crippen molar-refractivity contribution in [1.29, 1.82) is 0 Å². The number of piperazine rings is 1. The summed E-state index contributed by atoms with van der Waals surface area (Å²) >= 11 is 0. The van der Waals surface area contributed by atoms with Crippen LogP contribution < -0.4 is 0 Å². The second kappa shape index (κ2) is 8.75. The topological polar surface area (TPSA) is 99.7 Å². The Bertz CT molecular complexity index is 708. The van der Waals surface area contributed by atoms with Crippen LogP contribution in [0.4, 0.5) is 4.79 Å². The lowest BCUT2D eigenvalue weighted by Crippen LogP contribution is -2.58. The summed E-state index contributed by atoms with van der Waals surface area (Å²) in [6.45, 7) is 8.56. The molecule has 3 saturated heterocycles. The number of morpholine rings is 1. The van der Waals surface area contributed by atoms with Crippen molar-refractivity contribution in [3.8, 4) is 0 Å². The van der Waals surface area contributed by atoms with Crippen LogP contribution in [0, 0.1) is 0 Å². The smallest absolute Gasteiger partial charge is 0.410 e. The predicted molar refractivity (Wildman–Crippen MR) is 105 cm³/mol. The van der Waals surface area contributed by atoms with Crippen LogP contribution in [0.3, 0.4) is 0 Å². The number of amides is 2. The Morgan fingerprint density at radius 2 is 1.52 bits per heavy atom. The van der Waals surface area contributed by atoms with Gasteiger partial charge >= 0.3 is 6.09 Å². The average molecular weight is 433 g/mol. The quantitative estimate of drug-likeness (QED) is 0.628. The van der Waals surface area contributed by atoms with Crippen molar-refractivity contribution >= 4 is 22.2 Å². The fraction of sp³-hybridized carbons (Fsp3) is 0.889. The van der Waals surface area contributed by atoms with Gasteiger partial charge < -0.3 is 14.4 Å². The zero-order valence-corrected chi connectivity index (χ0v) is 18.3. The molecule has 3 aliphatic rings. The van der Waals surface area contributed by atoms with Gasteiger partial charge in [0.15, 0.2) is 0 Å². The highest BCUT2D eigenvalue weighted by molar-refractivity contribution is 7.86. The molecule has 0 radical (unpaired) electrons. The summed E-state index contributed by atoms with van der Waals surface area (Å²) in [5.41, 5.74) is -0.618. The normalized spacial score (nSPS) is 25.3. The molecule has 2 amide bonds. The monoisotopic (exact) mass is 432 g/mol. The maximum absolute atomic E-state index is 13.0. The first-order chi connectivity index (χ1) is 13.6. The highest BCUT2D eigenvalue weighted by Gasteiger charge is 2.40. The molecule has 0 spiro atoms. The minimum atomic E-state index is -3.53. The molecule has 0 N–H and O–H groups in total. The van der Waals surface area contributed by atoms with Crippen LogP contribution in [0.2, 0.25) is 0 Å². The van der Waals surface area contributed by atoms with Crippen LogP contribution in [0.25, 0.3) is 0 Å². The van der Waals surface area contributed by atoms with Crippen LogP contribution in [-0.4, -0.2) is 109 Å². The van der Waals surface area contributed by atoms with Crippen LogP contribution in [0.1, 0.15) is 33.6 Å². The van der Waals surface area contributed by atoms with Crippen molar-refractivity contribution < 1.29 is 27.5 Å². The van der Waals surface area contributed by atoms with Crippen molar-refractivity contribution in [1.82, 2.24) is 18.4 Å². The first kappa shape index (κ1) is 22.3. The summed E-state index contributed by atoms with van der Waals surface area (Å²) in [5, 5.41) is 0. The SMILES string of the molecule is CC(C)(C)OC(=O)N1CCCC1C(=O)N1CCN(S(=O)(=O)N2CCOCC2)CC1. The van der Waals surface area contributed by atoms with E-state index in [0.29, 0.717) is 52.4 Å².